The topological polar surface area (TPSA) is 33.2 Å². The molecule has 0 bridgehead atoms. The number of aromatic nitrogens is 1. The molecule has 0 aliphatic heterocycles. The van der Waals surface area contributed by atoms with Crippen LogP contribution in [-0.2, 0) is 0 Å². The van der Waals surface area contributed by atoms with Crippen molar-refractivity contribution < 1.29 is 4.79 Å². The van der Waals surface area contributed by atoms with Gasteiger partial charge in [0.1, 0.15) is 5.15 Å². The molecule has 3 nitrogen and oxygen atoms in total. The number of hydrogen-bond donors (Lipinski definition) is 0. The second kappa shape index (κ2) is 6.46. The van der Waals surface area contributed by atoms with Crippen molar-refractivity contribution in [2.24, 2.45) is 0 Å². The first-order valence-electron chi connectivity index (χ1n) is 6.36. The van der Waals surface area contributed by atoms with E-state index in [1.807, 2.05) is 44.5 Å². The van der Waals surface area contributed by atoms with E-state index in [1.165, 1.54) is 0 Å². The van der Waals surface area contributed by atoms with Crippen LogP contribution < -0.4 is 0 Å². The highest BCUT2D eigenvalue weighted by Crippen LogP contribution is 2.22. The zero-order valence-electron chi connectivity index (χ0n) is 11.8. The maximum absolute atomic E-state index is 12.7. The van der Waals surface area contributed by atoms with Crippen LogP contribution in [0.25, 0.3) is 10.9 Å². The predicted molar refractivity (Wildman–Crippen MR) is 86.7 cm³/mol. The van der Waals surface area contributed by atoms with E-state index in [1.54, 1.807) is 22.7 Å². The largest absolute Gasteiger partial charge is 0.338 e. The number of fused-ring (bicyclic) bond motifs is 1. The monoisotopic (exact) mass is 308 g/mol. The first kappa shape index (κ1) is 15.1. The molecule has 0 spiro atoms. The van der Waals surface area contributed by atoms with Crippen LogP contribution in [0.4, 0.5) is 0 Å². The number of amides is 1. The molecule has 5 heteroatoms. The van der Waals surface area contributed by atoms with Crippen LogP contribution in [0.15, 0.2) is 30.3 Å². The molecule has 0 N–H and O–H groups in total. The minimum absolute atomic E-state index is 0.0212. The normalized spacial score (nSPS) is 12.4. The van der Waals surface area contributed by atoms with Gasteiger partial charge in [-0.1, -0.05) is 29.8 Å². The molecule has 106 valence electrons. The van der Waals surface area contributed by atoms with Gasteiger partial charge in [0.2, 0.25) is 0 Å². The summed E-state index contributed by atoms with van der Waals surface area (Å²) in [5.74, 6) is 0.881. The van der Waals surface area contributed by atoms with Gasteiger partial charge < -0.3 is 4.90 Å². The maximum Gasteiger partial charge on any atom is 0.254 e. The molecule has 1 atom stereocenters. The van der Waals surface area contributed by atoms with Crippen molar-refractivity contribution in [1.29, 1.82) is 0 Å². The van der Waals surface area contributed by atoms with E-state index in [9.17, 15) is 4.79 Å². The summed E-state index contributed by atoms with van der Waals surface area (Å²) < 4.78 is 0. The van der Waals surface area contributed by atoms with E-state index in [-0.39, 0.29) is 11.9 Å². The lowest BCUT2D eigenvalue weighted by Gasteiger charge is -2.25. The van der Waals surface area contributed by atoms with Crippen molar-refractivity contribution >= 4 is 40.2 Å². The zero-order valence-corrected chi connectivity index (χ0v) is 13.3. The predicted octanol–water partition coefficient (Wildman–Crippen LogP) is 3.71. The highest BCUT2D eigenvalue weighted by atomic mass is 35.5. The van der Waals surface area contributed by atoms with Crippen LogP contribution >= 0.6 is 23.4 Å². The van der Waals surface area contributed by atoms with Crippen LogP contribution in [0.1, 0.15) is 17.3 Å². The molecule has 1 aromatic heterocycles. The van der Waals surface area contributed by atoms with Crippen LogP contribution in [-0.4, -0.2) is 40.9 Å². The fraction of sp³-hybridized carbons (Fsp3) is 0.333. The third kappa shape index (κ3) is 3.07. The average molecular weight is 309 g/mol. The first-order valence-corrected chi connectivity index (χ1v) is 8.13. The Morgan fingerprint density at radius 2 is 2.15 bits per heavy atom. The van der Waals surface area contributed by atoms with Gasteiger partial charge in [0.25, 0.3) is 5.91 Å². The summed E-state index contributed by atoms with van der Waals surface area (Å²) in [6.45, 7) is 2.04. The molecule has 1 aromatic carbocycles. The van der Waals surface area contributed by atoms with Gasteiger partial charge in [-0.15, -0.1) is 0 Å². The number of hydrogen-bond acceptors (Lipinski definition) is 3. The van der Waals surface area contributed by atoms with Crippen molar-refractivity contribution in [3.05, 3.63) is 41.0 Å². The molecule has 0 aliphatic carbocycles. The third-order valence-electron chi connectivity index (χ3n) is 3.30. The van der Waals surface area contributed by atoms with Gasteiger partial charge in [-0.25, -0.2) is 4.98 Å². The maximum atomic E-state index is 12.7. The number of halogens is 1. The van der Waals surface area contributed by atoms with Crippen molar-refractivity contribution in [3.63, 3.8) is 0 Å². The number of pyridine rings is 1. The van der Waals surface area contributed by atoms with Crippen LogP contribution in [0.2, 0.25) is 5.15 Å². The highest BCUT2D eigenvalue weighted by Gasteiger charge is 2.20. The third-order valence-corrected chi connectivity index (χ3v) is 4.31. The highest BCUT2D eigenvalue weighted by molar-refractivity contribution is 7.98. The van der Waals surface area contributed by atoms with Gasteiger partial charge in [-0.3, -0.25) is 4.79 Å². The summed E-state index contributed by atoms with van der Waals surface area (Å²) in [7, 11) is 1.83. The van der Waals surface area contributed by atoms with E-state index in [0.29, 0.717) is 10.7 Å². The molecule has 0 aliphatic rings. The molecule has 0 radical (unpaired) electrons. The summed E-state index contributed by atoms with van der Waals surface area (Å²) >= 11 is 7.75. The average Bonchev–Trinajstić information content (AvgIpc) is 2.45. The smallest absolute Gasteiger partial charge is 0.254 e. The Morgan fingerprint density at radius 3 is 2.85 bits per heavy atom. The SMILES string of the molecule is CSCC(C)N(C)C(=O)c1cc(Cl)nc2ccccc12. The first-order chi connectivity index (χ1) is 9.54. The van der Waals surface area contributed by atoms with Crippen molar-refractivity contribution in [2.75, 3.05) is 19.1 Å². The molecule has 2 aromatic rings. The number of para-hydroxylation sites is 1. The lowest BCUT2D eigenvalue weighted by Crippen LogP contribution is -2.36. The standard InChI is InChI=1S/C15H17ClN2OS/c1-10(9-20-3)18(2)15(19)12-8-14(16)17-13-7-5-4-6-11(12)13/h4-8,10H,9H2,1-3H3. The second-order valence-electron chi connectivity index (χ2n) is 4.73. The second-order valence-corrected chi connectivity index (χ2v) is 6.03. The summed E-state index contributed by atoms with van der Waals surface area (Å²) in [4.78, 5) is 18.7. The minimum Gasteiger partial charge on any atom is -0.338 e. The fourth-order valence-corrected chi connectivity index (χ4v) is 2.97. The summed E-state index contributed by atoms with van der Waals surface area (Å²) in [6.07, 6.45) is 2.04. The molecular weight excluding hydrogens is 292 g/mol. The fourth-order valence-electron chi connectivity index (χ4n) is 2.06. The number of rotatable bonds is 4. The van der Waals surface area contributed by atoms with Crippen molar-refractivity contribution in [2.45, 2.75) is 13.0 Å². The Hall–Kier alpha value is -1.26. The number of thioether (sulfide) groups is 1. The molecule has 20 heavy (non-hydrogen) atoms. The number of benzene rings is 1. The number of carbonyl (C=O) groups is 1. The summed E-state index contributed by atoms with van der Waals surface area (Å²) in [5, 5.41) is 1.18. The number of nitrogens with zero attached hydrogens (tertiary/aromatic N) is 2. The molecule has 0 fully saturated rings. The van der Waals surface area contributed by atoms with Gasteiger partial charge in [-0.2, -0.15) is 11.8 Å². The quantitative estimate of drug-likeness (QED) is 0.807. The van der Waals surface area contributed by atoms with E-state index in [4.69, 9.17) is 11.6 Å². The molecule has 0 saturated carbocycles. The minimum atomic E-state index is -0.0212. The Balaban J connectivity index is 2.44. The Labute approximate surface area is 128 Å². The molecule has 0 saturated heterocycles. The van der Waals surface area contributed by atoms with E-state index in [0.717, 1.165) is 16.7 Å². The van der Waals surface area contributed by atoms with Crippen molar-refractivity contribution in [1.82, 2.24) is 9.88 Å². The van der Waals surface area contributed by atoms with Crippen molar-refractivity contribution in [3.8, 4) is 0 Å². The van der Waals surface area contributed by atoms with Gasteiger partial charge in [0, 0.05) is 24.2 Å². The van der Waals surface area contributed by atoms with Crippen LogP contribution in [0.3, 0.4) is 0 Å². The lowest BCUT2D eigenvalue weighted by atomic mass is 10.1. The van der Waals surface area contributed by atoms with Crippen LogP contribution in [0.5, 0.6) is 0 Å². The van der Waals surface area contributed by atoms with Gasteiger partial charge in [-0.05, 0) is 25.3 Å². The molecule has 1 unspecified atom stereocenters. The Kier molecular flexibility index (Phi) is 4.89. The Bertz CT molecular complexity index is 632. The van der Waals surface area contributed by atoms with E-state index < -0.39 is 0 Å². The molecule has 1 amide bonds. The molecular formula is C15H17ClN2OS. The Morgan fingerprint density at radius 1 is 1.45 bits per heavy atom. The van der Waals surface area contributed by atoms with Gasteiger partial charge >= 0.3 is 0 Å². The summed E-state index contributed by atoms with van der Waals surface area (Å²) in [5.41, 5.74) is 1.35. The van der Waals surface area contributed by atoms with E-state index in [2.05, 4.69) is 4.98 Å². The van der Waals surface area contributed by atoms with Gasteiger partial charge in [0.15, 0.2) is 0 Å². The van der Waals surface area contributed by atoms with E-state index >= 15 is 0 Å². The summed E-state index contributed by atoms with van der Waals surface area (Å²) in [6, 6.07) is 9.37. The van der Waals surface area contributed by atoms with Gasteiger partial charge in [0.05, 0.1) is 11.1 Å². The molecule has 1 heterocycles. The lowest BCUT2D eigenvalue weighted by molar-refractivity contribution is 0.0759. The number of carbonyl (C=O) groups excluding carboxylic acids is 1. The zero-order chi connectivity index (χ0) is 14.7. The molecule has 2 rings (SSSR count). The van der Waals surface area contributed by atoms with Crippen LogP contribution in [0, 0.1) is 0 Å².